The average molecular weight is 283 g/mol. The van der Waals surface area contributed by atoms with Crippen LogP contribution < -0.4 is 5.32 Å². The first-order valence-corrected chi connectivity index (χ1v) is 6.22. The number of aromatic nitrogens is 1. The molecule has 2 nitrogen and oxygen atoms in total. The number of aryl methyl sites for hydroxylation is 1. The van der Waals surface area contributed by atoms with Gasteiger partial charge in [0.1, 0.15) is 0 Å². The van der Waals surface area contributed by atoms with Gasteiger partial charge in [-0.2, -0.15) is 0 Å². The van der Waals surface area contributed by atoms with E-state index in [9.17, 15) is 0 Å². The zero-order valence-electron chi connectivity index (χ0n) is 8.54. The highest BCUT2D eigenvalue weighted by Gasteiger charge is 2.06. The van der Waals surface area contributed by atoms with E-state index in [0.717, 1.165) is 9.60 Å². The van der Waals surface area contributed by atoms with Crippen molar-refractivity contribution in [2.45, 2.75) is 6.92 Å². The highest BCUT2D eigenvalue weighted by molar-refractivity contribution is 9.10. The van der Waals surface area contributed by atoms with Gasteiger partial charge >= 0.3 is 0 Å². The maximum atomic E-state index is 4.26. The monoisotopic (exact) mass is 282 g/mol. The summed E-state index contributed by atoms with van der Waals surface area (Å²) in [5, 5.41) is 3.98. The van der Waals surface area contributed by atoms with Crippen molar-refractivity contribution < 1.29 is 0 Å². The number of rotatable bonds is 2. The average Bonchev–Trinajstić information content (AvgIpc) is 2.66. The molecule has 0 unspecified atom stereocenters. The van der Waals surface area contributed by atoms with Crippen molar-refractivity contribution in [2.24, 2.45) is 0 Å². The lowest BCUT2D eigenvalue weighted by Crippen LogP contribution is -1.83. The molecule has 4 heteroatoms. The van der Waals surface area contributed by atoms with E-state index in [1.54, 1.807) is 11.3 Å². The molecule has 0 saturated heterocycles. The van der Waals surface area contributed by atoms with Crippen LogP contribution >= 0.6 is 27.3 Å². The van der Waals surface area contributed by atoms with E-state index < -0.39 is 0 Å². The van der Waals surface area contributed by atoms with E-state index in [1.807, 2.05) is 13.2 Å². The van der Waals surface area contributed by atoms with Crippen LogP contribution in [0.4, 0.5) is 5.13 Å². The first kappa shape index (κ1) is 10.6. The molecule has 0 aliphatic rings. The van der Waals surface area contributed by atoms with Gasteiger partial charge in [0.15, 0.2) is 5.13 Å². The van der Waals surface area contributed by atoms with Gasteiger partial charge in [0, 0.05) is 23.3 Å². The van der Waals surface area contributed by atoms with Gasteiger partial charge in [-0.05, 0) is 18.6 Å². The minimum absolute atomic E-state index is 0.942. The summed E-state index contributed by atoms with van der Waals surface area (Å²) in [6.45, 7) is 2.08. The SMILES string of the molecule is CNc1ncc(-c2ccc(C)cc2Br)s1. The number of nitrogens with one attached hydrogen (secondary N) is 1. The highest BCUT2D eigenvalue weighted by Crippen LogP contribution is 2.34. The molecule has 0 amide bonds. The fourth-order valence-corrected chi connectivity index (χ4v) is 2.98. The number of nitrogens with zero attached hydrogens (tertiary/aromatic N) is 1. The van der Waals surface area contributed by atoms with Crippen molar-refractivity contribution in [3.05, 3.63) is 34.4 Å². The van der Waals surface area contributed by atoms with Crippen molar-refractivity contribution in [3.8, 4) is 10.4 Å². The Morgan fingerprint density at radius 1 is 1.40 bits per heavy atom. The molecule has 1 aromatic heterocycles. The van der Waals surface area contributed by atoms with Crippen LogP contribution in [0.1, 0.15) is 5.56 Å². The Morgan fingerprint density at radius 3 is 2.80 bits per heavy atom. The summed E-state index contributed by atoms with van der Waals surface area (Å²) in [6, 6.07) is 6.35. The van der Waals surface area contributed by atoms with Crippen molar-refractivity contribution in [3.63, 3.8) is 0 Å². The molecule has 0 radical (unpaired) electrons. The Morgan fingerprint density at radius 2 is 2.20 bits per heavy atom. The third-order valence-electron chi connectivity index (χ3n) is 2.11. The van der Waals surface area contributed by atoms with Crippen LogP contribution in [0.15, 0.2) is 28.9 Å². The van der Waals surface area contributed by atoms with E-state index in [0.29, 0.717) is 0 Å². The van der Waals surface area contributed by atoms with Crippen LogP contribution in [0.3, 0.4) is 0 Å². The Kier molecular flexibility index (Phi) is 3.07. The van der Waals surface area contributed by atoms with Crippen LogP contribution in [0.25, 0.3) is 10.4 Å². The third kappa shape index (κ3) is 2.21. The summed E-state index contributed by atoms with van der Waals surface area (Å²) in [5.41, 5.74) is 2.45. The highest BCUT2D eigenvalue weighted by atomic mass is 79.9. The molecular formula is C11H11BrN2S. The van der Waals surface area contributed by atoms with E-state index in [-0.39, 0.29) is 0 Å². The lowest BCUT2D eigenvalue weighted by Gasteiger charge is -2.01. The summed E-state index contributed by atoms with van der Waals surface area (Å²) in [5.74, 6) is 0. The number of halogens is 1. The molecule has 0 aliphatic heterocycles. The van der Waals surface area contributed by atoms with Gasteiger partial charge in [0.25, 0.3) is 0 Å². The summed E-state index contributed by atoms with van der Waals surface area (Å²) < 4.78 is 1.12. The first-order chi connectivity index (χ1) is 7.20. The van der Waals surface area contributed by atoms with Crippen LogP contribution in [0, 0.1) is 6.92 Å². The Labute approximate surface area is 101 Å². The number of hydrogen-bond donors (Lipinski definition) is 1. The van der Waals surface area contributed by atoms with E-state index >= 15 is 0 Å². The van der Waals surface area contributed by atoms with E-state index in [4.69, 9.17) is 0 Å². The molecule has 1 heterocycles. The zero-order valence-corrected chi connectivity index (χ0v) is 10.9. The second kappa shape index (κ2) is 4.33. The van der Waals surface area contributed by atoms with Crippen molar-refractivity contribution in [1.29, 1.82) is 0 Å². The van der Waals surface area contributed by atoms with Crippen LogP contribution in [-0.4, -0.2) is 12.0 Å². The molecule has 0 aliphatic carbocycles. The number of hydrogen-bond acceptors (Lipinski definition) is 3. The van der Waals surface area contributed by atoms with Crippen LogP contribution in [-0.2, 0) is 0 Å². The van der Waals surface area contributed by atoms with Gasteiger partial charge in [-0.1, -0.05) is 39.4 Å². The van der Waals surface area contributed by atoms with Gasteiger partial charge in [-0.3, -0.25) is 0 Å². The number of anilines is 1. The van der Waals surface area contributed by atoms with Crippen molar-refractivity contribution >= 4 is 32.4 Å². The van der Waals surface area contributed by atoms with Crippen LogP contribution in [0.5, 0.6) is 0 Å². The molecule has 0 atom stereocenters. The molecular weight excluding hydrogens is 272 g/mol. The summed E-state index contributed by atoms with van der Waals surface area (Å²) in [7, 11) is 1.88. The van der Waals surface area contributed by atoms with Gasteiger partial charge < -0.3 is 5.32 Å². The largest absolute Gasteiger partial charge is 0.365 e. The first-order valence-electron chi connectivity index (χ1n) is 4.61. The van der Waals surface area contributed by atoms with Crippen LogP contribution in [0.2, 0.25) is 0 Å². The molecule has 0 spiro atoms. The molecule has 0 saturated carbocycles. The zero-order chi connectivity index (χ0) is 10.8. The minimum atomic E-state index is 0.942. The molecule has 78 valence electrons. The summed E-state index contributed by atoms with van der Waals surface area (Å²) in [4.78, 5) is 5.43. The Bertz CT molecular complexity index is 479. The Balaban J connectivity index is 2.44. The second-order valence-corrected chi connectivity index (χ2v) is 5.15. The van der Waals surface area contributed by atoms with Gasteiger partial charge in [-0.25, -0.2) is 4.98 Å². The predicted octanol–water partition coefficient (Wildman–Crippen LogP) is 3.92. The minimum Gasteiger partial charge on any atom is -0.365 e. The second-order valence-electron chi connectivity index (χ2n) is 3.26. The fraction of sp³-hybridized carbons (Fsp3) is 0.182. The van der Waals surface area contributed by atoms with E-state index in [1.165, 1.54) is 16.0 Å². The van der Waals surface area contributed by atoms with Gasteiger partial charge in [-0.15, -0.1) is 0 Å². The summed E-state index contributed by atoms with van der Waals surface area (Å²) >= 11 is 5.23. The molecule has 2 aromatic rings. The lowest BCUT2D eigenvalue weighted by atomic mass is 10.1. The predicted molar refractivity (Wildman–Crippen MR) is 69.5 cm³/mol. The van der Waals surface area contributed by atoms with Crippen molar-refractivity contribution in [1.82, 2.24) is 4.98 Å². The topological polar surface area (TPSA) is 24.9 Å². The molecule has 1 aromatic carbocycles. The smallest absolute Gasteiger partial charge is 0.182 e. The normalized spacial score (nSPS) is 10.3. The number of benzene rings is 1. The standard InChI is InChI=1S/C11H11BrN2S/c1-7-3-4-8(9(12)5-7)10-6-14-11(13-2)15-10/h3-6H,1-2H3,(H,13,14). The summed E-state index contributed by atoms with van der Waals surface area (Å²) in [6.07, 6.45) is 1.89. The fourth-order valence-electron chi connectivity index (χ4n) is 1.33. The Hall–Kier alpha value is -0.870. The van der Waals surface area contributed by atoms with Crippen molar-refractivity contribution in [2.75, 3.05) is 12.4 Å². The number of thiazole rings is 1. The molecule has 0 fully saturated rings. The third-order valence-corrected chi connectivity index (χ3v) is 3.81. The molecule has 2 rings (SSSR count). The van der Waals surface area contributed by atoms with E-state index in [2.05, 4.69) is 51.4 Å². The maximum Gasteiger partial charge on any atom is 0.182 e. The molecule has 15 heavy (non-hydrogen) atoms. The molecule has 1 N–H and O–H groups in total. The van der Waals surface area contributed by atoms with Gasteiger partial charge in [0.05, 0.1) is 4.88 Å². The molecule has 0 bridgehead atoms. The maximum absolute atomic E-state index is 4.26. The van der Waals surface area contributed by atoms with Gasteiger partial charge in [0.2, 0.25) is 0 Å². The lowest BCUT2D eigenvalue weighted by molar-refractivity contribution is 1.36. The quantitative estimate of drug-likeness (QED) is 0.903.